The van der Waals surface area contributed by atoms with E-state index in [2.05, 4.69) is 0 Å². The van der Waals surface area contributed by atoms with Crippen molar-refractivity contribution < 1.29 is 14.6 Å². The molecule has 1 fully saturated rings. The highest BCUT2D eigenvalue weighted by molar-refractivity contribution is 5.86. The number of rotatable bonds is 6. The molecule has 4 rings (SSSR count). The maximum Gasteiger partial charge on any atom is 0.316 e. The van der Waals surface area contributed by atoms with Crippen LogP contribution in [0.2, 0.25) is 0 Å². The topological polar surface area (TPSA) is 46.5 Å². The van der Waals surface area contributed by atoms with Crippen LogP contribution in [0.15, 0.2) is 91.0 Å². The summed E-state index contributed by atoms with van der Waals surface area (Å²) in [4.78, 5) is 13.3. The van der Waals surface area contributed by atoms with Gasteiger partial charge in [0.15, 0.2) is 0 Å². The Balaban J connectivity index is 1.93. The van der Waals surface area contributed by atoms with Gasteiger partial charge in [0.05, 0.1) is 6.61 Å². The summed E-state index contributed by atoms with van der Waals surface area (Å²) in [7, 11) is 0. The summed E-state index contributed by atoms with van der Waals surface area (Å²) in [5.74, 6) is -0.461. The molecular weight excluding hydrogens is 348 g/mol. The molecule has 3 aromatic rings. The lowest BCUT2D eigenvalue weighted by Gasteiger charge is -2.37. The van der Waals surface area contributed by atoms with Crippen LogP contribution in [0.1, 0.15) is 36.0 Å². The molecule has 0 saturated heterocycles. The van der Waals surface area contributed by atoms with Crippen LogP contribution in [0.4, 0.5) is 0 Å². The van der Waals surface area contributed by atoms with Gasteiger partial charge in [-0.3, -0.25) is 4.79 Å². The van der Waals surface area contributed by atoms with Crippen molar-refractivity contribution in [2.75, 3.05) is 6.61 Å². The van der Waals surface area contributed by atoms with E-state index in [-0.39, 0.29) is 18.5 Å². The lowest BCUT2D eigenvalue weighted by molar-refractivity contribution is -0.160. The Kier molecular flexibility index (Phi) is 4.78. The van der Waals surface area contributed by atoms with Gasteiger partial charge in [-0.05, 0) is 30.0 Å². The summed E-state index contributed by atoms with van der Waals surface area (Å²) >= 11 is 0. The van der Waals surface area contributed by atoms with Gasteiger partial charge < -0.3 is 9.84 Å². The van der Waals surface area contributed by atoms with Crippen molar-refractivity contribution in [1.82, 2.24) is 0 Å². The van der Waals surface area contributed by atoms with Gasteiger partial charge in [-0.15, -0.1) is 0 Å². The normalized spacial score (nSPS) is 21.1. The number of carbonyl (C=O) groups is 1. The van der Waals surface area contributed by atoms with Crippen LogP contribution < -0.4 is 0 Å². The molecule has 0 aliphatic heterocycles. The molecule has 0 spiro atoms. The summed E-state index contributed by atoms with van der Waals surface area (Å²) in [5, 5.41) is 12.3. The molecule has 142 valence electrons. The minimum Gasteiger partial charge on any atom is -0.465 e. The number of carbonyl (C=O) groups excluding carboxylic acids is 1. The first-order valence-electron chi connectivity index (χ1n) is 9.70. The fraction of sp³-hybridized carbons (Fsp3) is 0.240. The first-order chi connectivity index (χ1) is 13.6. The van der Waals surface area contributed by atoms with Crippen LogP contribution in [-0.2, 0) is 15.1 Å². The second-order valence-electron chi connectivity index (χ2n) is 7.30. The minimum absolute atomic E-state index is 0.113. The van der Waals surface area contributed by atoms with E-state index in [1.165, 1.54) is 0 Å². The third kappa shape index (κ3) is 2.74. The predicted octanol–water partition coefficient (Wildman–Crippen LogP) is 4.66. The van der Waals surface area contributed by atoms with Crippen molar-refractivity contribution in [2.24, 2.45) is 5.41 Å². The van der Waals surface area contributed by atoms with Gasteiger partial charge in [-0.25, -0.2) is 0 Å². The number of aliphatic hydroxyl groups is 1. The number of hydrogen-bond donors (Lipinski definition) is 1. The summed E-state index contributed by atoms with van der Waals surface area (Å²) in [6.45, 7) is 2.08. The molecule has 3 aromatic carbocycles. The van der Waals surface area contributed by atoms with Crippen molar-refractivity contribution in [2.45, 2.75) is 24.9 Å². The molecular formula is C25H24O3. The summed E-state index contributed by atoms with van der Waals surface area (Å²) in [5.41, 5.74) is -0.101. The van der Waals surface area contributed by atoms with Crippen molar-refractivity contribution in [3.63, 3.8) is 0 Å². The highest BCUT2D eigenvalue weighted by atomic mass is 16.5. The third-order valence-corrected chi connectivity index (χ3v) is 5.83. The predicted molar refractivity (Wildman–Crippen MR) is 109 cm³/mol. The quantitative estimate of drug-likeness (QED) is 0.640. The van der Waals surface area contributed by atoms with E-state index in [0.717, 1.165) is 5.56 Å². The zero-order valence-electron chi connectivity index (χ0n) is 15.9. The maximum atomic E-state index is 13.3. The smallest absolute Gasteiger partial charge is 0.316 e. The largest absolute Gasteiger partial charge is 0.465 e. The zero-order valence-corrected chi connectivity index (χ0v) is 15.9. The second kappa shape index (κ2) is 7.25. The molecule has 1 aliphatic carbocycles. The van der Waals surface area contributed by atoms with E-state index in [1.807, 2.05) is 91.0 Å². The van der Waals surface area contributed by atoms with Gasteiger partial charge in [0.25, 0.3) is 0 Å². The van der Waals surface area contributed by atoms with Gasteiger partial charge in [0, 0.05) is 5.92 Å². The Hall–Kier alpha value is -2.91. The molecule has 0 heterocycles. The molecule has 1 aliphatic rings. The maximum absolute atomic E-state index is 13.3. The molecule has 1 N–H and O–H groups in total. The van der Waals surface area contributed by atoms with Crippen LogP contribution in [0, 0.1) is 5.41 Å². The monoisotopic (exact) mass is 372 g/mol. The number of benzene rings is 3. The van der Waals surface area contributed by atoms with Gasteiger partial charge in [0.2, 0.25) is 0 Å². The summed E-state index contributed by atoms with van der Waals surface area (Å²) in [6.07, 6.45) is 0.538. The molecule has 0 amide bonds. The molecule has 0 radical (unpaired) electrons. The van der Waals surface area contributed by atoms with Crippen molar-refractivity contribution >= 4 is 5.97 Å². The second-order valence-corrected chi connectivity index (χ2v) is 7.30. The molecule has 0 unspecified atom stereocenters. The zero-order chi connectivity index (χ0) is 19.6. The van der Waals surface area contributed by atoms with E-state index in [1.54, 1.807) is 6.92 Å². The van der Waals surface area contributed by atoms with Gasteiger partial charge in [-0.1, -0.05) is 91.0 Å². The average Bonchev–Trinajstić information content (AvgIpc) is 3.53. The van der Waals surface area contributed by atoms with Crippen LogP contribution in [0.3, 0.4) is 0 Å². The van der Waals surface area contributed by atoms with E-state index in [9.17, 15) is 9.90 Å². The molecule has 0 aromatic heterocycles. The van der Waals surface area contributed by atoms with Crippen molar-refractivity contribution in [1.29, 1.82) is 0 Å². The van der Waals surface area contributed by atoms with E-state index >= 15 is 0 Å². The SMILES string of the molecule is CCOC(=O)[C@@]1(C(O)(c2ccccc2)c2ccccc2)C[C@H]1c1ccccc1. The highest BCUT2D eigenvalue weighted by Gasteiger charge is 2.73. The lowest BCUT2D eigenvalue weighted by Crippen LogP contribution is -2.45. The fourth-order valence-corrected chi connectivity index (χ4v) is 4.42. The van der Waals surface area contributed by atoms with Gasteiger partial charge >= 0.3 is 5.97 Å². The number of ether oxygens (including phenoxy) is 1. The Labute approximate surface area is 165 Å². The molecule has 1 saturated carbocycles. The number of hydrogen-bond acceptors (Lipinski definition) is 3. The van der Waals surface area contributed by atoms with Gasteiger partial charge in [0.1, 0.15) is 11.0 Å². The van der Waals surface area contributed by atoms with Gasteiger partial charge in [-0.2, -0.15) is 0 Å². The highest BCUT2D eigenvalue weighted by Crippen LogP contribution is 2.70. The Morgan fingerprint density at radius 2 is 1.39 bits per heavy atom. The lowest BCUT2D eigenvalue weighted by atomic mass is 9.71. The van der Waals surface area contributed by atoms with Crippen LogP contribution in [0.5, 0.6) is 0 Å². The Morgan fingerprint density at radius 1 is 0.929 bits per heavy atom. The Morgan fingerprint density at radius 3 is 1.86 bits per heavy atom. The van der Waals surface area contributed by atoms with Crippen molar-refractivity contribution in [3.05, 3.63) is 108 Å². The fourth-order valence-electron chi connectivity index (χ4n) is 4.42. The van der Waals surface area contributed by atoms with E-state index in [0.29, 0.717) is 17.5 Å². The molecule has 28 heavy (non-hydrogen) atoms. The standard InChI is InChI=1S/C25H24O3/c1-2-28-23(26)24(18-22(24)19-12-6-3-7-13-19)25(27,20-14-8-4-9-15-20)21-16-10-5-11-17-21/h3-17,22,27H,2,18H2,1H3/t22-,24+/m0/s1. The molecule has 3 heteroatoms. The first kappa shape index (κ1) is 18.5. The van der Waals surface area contributed by atoms with Crippen molar-refractivity contribution in [3.8, 4) is 0 Å². The minimum atomic E-state index is -1.48. The van der Waals surface area contributed by atoms with Crippen LogP contribution >= 0.6 is 0 Å². The molecule has 3 nitrogen and oxygen atoms in total. The van der Waals surface area contributed by atoms with Crippen LogP contribution in [0.25, 0.3) is 0 Å². The number of esters is 1. The third-order valence-electron chi connectivity index (χ3n) is 5.83. The first-order valence-corrected chi connectivity index (χ1v) is 9.70. The molecule has 0 bridgehead atoms. The van der Waals surface area contributed by atoms with Crippen LogP contribution in [-0.4, -0.2) is 17.7 Å². The summed E-state index contributed by atoms with van der Waals surface area (Å²) in [6, 6.07) is 28.8. The Bertz CT molecular complexity index is 898. The molecule has 2 atom stereocenters. The van der Waals surface area contributed by atoms with E-state index < -0.39 is 11.0 Å². The average molecular weight is 372 g/mol. The van der Waals surface area contributed by atoms with E-state index in [4.69, 9.17) is 4.74 Å². The summed E-state index contributed by atoms with van der Waals surface area (Å²) < 4.78 is 5.51.